The van der Waals surface area contributed by atoms with Crippen molar-refractivity contribution in [3.8, 4) is 0 Å². The van der Waals surface area contributed by atoms with Crippen molar-refractivity contribution in [3.63, 3.8) is 0 Å². The number of amides is 1. The number of allylic oxidation sites excluding steroid dienone is 3. The third kappa shape index (κ3) is 58.5. The minimum Gasteiger partial charge on any atom is -0.383 e. The molecule has 31 nitrogen and oxygen atoms in total. The van der Waals surface area contributed by atoms with Gasteiger partial charge in [0.1, 0.15) is 0 Å². The zero-order valence-corrected chi connectivity index (χ0v) is 97.1. The van der Waals surface area contributed by atoms with Gasteiger partial charge in [-0.1, -0.05) is 190 Å². The summed E-state index contributed by atoms with van der Waals surface area (Å²) in [5.41, 5.74) is 1.69. The number of aliphatic imine (C=N–C) groups is 10. The molecule has 6 N–H and O–H groups in total. The SMILES string of the molecule is C/C=C\N=C(N/C=C/C)N/C=C/C.C1CCN=C2CCCCCN2CC1.CCCCCCCCC(=O)NC(=Nc1ccccc1)Nc1ccccc1.CCCN1CCN2CCCN=C12.CCN=C(N(C)C)N(C)C.CN(C)C(=NC1CCCC2CCCC(N=C(N(C)C)N(C)C)C21)N(C)C.CN(C)C(=NCCCCCCCCCN=C(N(C)C)N(C)C)N(C)C.COCCN=C(NC1CCCCC1)NC1CCCCC1. The number of carbonyl (C=O) groups is 1. The number of ether oxygens (including phenoxy) is 1. The number of rotatable bonds is 32. The maximum absolute atomic E-state index is 12.3. The molecule has 0 bridgehead atoms. The fraction of sp³-hybridized carbons (Fsp3) is 0.746. The summed E-state index contributed by atoms with van der Waals surface area (Å²) >= 11 is 0. The number of hydrogen-bond acceptors (Lipinski definition) is 15. The van der Waals surface area contributed by atoms with Crippen LogP contribution in [0.15, 0.2) is 147 Å². The number of carbonyl (C=O) groups excluding carboxylic acids is 1. The largest absolute Gasteiger partial charge is 0.383 e. The van der Waals surface area contributed by atoms with Crippen LogP contribution >= 0.6 is 0 Å². The van der Waals surface area contributed by atoms with Crippen LogP contribution in [0.3, 0.4) is 0 Å². The Morgan fingerprint density at radius 3 is 1.34 bits per heavy atom. The third-order valence-electron chi connectivity index (χ3n) is 26.0. The summed E-state index contributed by atoms with van der Waals surface area (Å²) in [6.07, 6.45) is 60.4. The van der Waals surface area contributed by atoms with Gasteiger partial charge in [-0.25, -0.2) is 20.0 Å². The van der Waals surface area contributed by atoms with E-state index in [0.717, 1.165) is 105 Å². The van der Waals surface area contributed by atoms with Gasteiger partial charge in [-0.15, -0.1) is 0 Å². The number of benzene rings is 2. The molecule has 826 valence electrons. The van der Waals surface area contributed by atoms with E-state index in [0.29, 0.717) is 55.0 Å². The molecule has 4 heterocycles. The molecule has 0 radical (unpaired) electrons. The highest BCUT2D eigenvalue weighted by Crippen LogP contribution is 2.44. The van der Waals surface area contributed by atoms with Gasteiger partial charge in [0.15, 0.2) is 41.7 Å². The molecule has 2 unspecified atom stereocenters. The second-order valence-electron chi connectivity index (χ2n) is 41.2. The lowest BCUT2D eigenvalue weighted by molar-refractivity contribution is -0.119. The van der Waals surface area contributed by atoms with E-state index in [9.17, 15) is 4.79 Å². The molecule has 145 heavy (non-hydrogen) atoms. The molecule has 1 amide bonds. The second-order valence-corrected chi connectivity index (χ2v) is 41.2. The van der Waals surface area contributed by atoms with Gasteiger partial charge in [-0.05, 0) is 186 Å². The van der Waals surface area contributed by atoms with Gasteiger partial charge in [0, 0.05) is 263 Å². The first-order chi connectivity index (χ1) is 70.0. The van der Waals surface area contributed by atoms with E-state index in [1.54, 1.807) is 13.3 Å². The number of nitrogens with one attached hydrogen (secondary N) is 6. The molecule has 4 saturated carbocycles. The van der Waals surface area contributed by atoms with Gasteiger partial charge in [0.2, 0.25) is 17.8 Å². The van der Waals surface area contributed by atoms with Gasteiger partial charge in [-0.3, -0.25) is 40.1 Å². The molecule has 2 aromatic carbocycles. The highest BCUT2D eigenvalue weighted by Gasteiger charge is 2.42. The van der Waals surface area contributed by atoms with E-state index in [4.69, 9.17) is 19.7 Å². The number of methoxy groups -OCH3 is 1. The number of fused-ring (bicyclic) bond motifs is 3. The minimum absolute atomic E-state index is 0.00129. The normalized spacial score (nSPS) is 17.5. The van der Waals surface area contributed by atoms with Gasteiger partial charge < -0.3 is 95.0 Å². The van der Waals surface area contributed by atoms with Crippen molar-refractivity contribution in [1.29, 1.82) is 0 Å². The average molecular weight is 2020 g/mol. The van der Waals surface area contributed by atoms with Crippen molar-refractivity contribution >= 4 is 76.8 Å². The minimum atomic E-state index is -0.00129. The molecule has 2 aromatic rings. The highest BCUT2D eigenvalue weighted by atomic mass is 16.5. The van der Waals surface area contributed by atoms with E-state index in [1.807, 2.05) is 213 Å². The lowest BCUT2D eigenvalue weighted by Crippen LogP contribution is -2.48. The summed E-state index contributed by atoms with van der Waals surface area (Å²) in [5, 5.41) is 19.4. The lowest BCUT2D eigenvalue weighted by atomic mass is 9.66. The average Bonchev–Trinajstić information content (AvgIpc) is 1.32. The van der Waals surface area contributed by atoms with Crippen molar-refractivity contribution < 1.29 is 9.53 Å². The van der Waals surface area contributed by atoms with Crippen molar-refractivity contribution in [1.82, 2.24) is 90.3 Å². The molecule has 31 heteroatoms. The van der Waals surface area contributed by atoms with Crippen LogP contribution < -0.4 is 31.9 Å². The summed E-state index contributed by atoms with van der Waals surface area (Å²) in [7, 11) is 42.8. The van der Waals surface area contributed by atoms with Gasteiger partial charge in [0.05, 0.1) is 36.8 Å². The molecular formula is C114H213N29O2. The molecule has 4 aliphatic carbocycles. The highest BCUT2D eigenvalue weighted by molar-refractivity contribution is 6.05. The predicted octanol–water partition coefficient (Wildman–Crippen LogP) is 19.3. The Bertz CT molecular complexity index is 3850. The van der Waals surface area contributed by atoms with Crippen molar-refractivity contribution in [3.05, 3.63) is 97.5 Å². The molecule has 2 saturated heterocycles. The topological polar surface area (TPSA) is 264 Å². The van der Waals surface area contributed by atoms with Gasteiger partial charge in [-0.2, -0.15) is 0 Å². The lowest BCUT2D eigenvalue weighted by Gasteiger charge is -2.44. The van der Waals surface area contributed by atoms with Crippen LogP contribution in [0.2, 0.25) is 0 Å². The summed E-state index contributed by atoms with van der Waals surface area (Å²) in [5.74, 6) is 11.5. The Labute approximate surface area is 885 Å². The number of amidine groups is 1. The summed E-state index contributed by atoms with van der Waals surface area (Å²) < 4.78 is 5.11. The number of unbranched alkanes of at least 4 members (excludes halogenated alkanes) is 11. The zero-order chi connectivity index (χ0) is 107. The van der Waals surface area contributed by atoms with Crippen LogP contribution in [0.1, 0.15) is 292 Å². The standard InChI is InChI=1S/C22H29N3O.C20H40N6.C19H42N6.C16H31N3O.C11H20N2.C10H17N3.C9H17N3.C7H17N3/c1-2-3-4-5-6-13-18-21(26)25-22(23-19-14-9-7-10-15-19)24-20-16-11-8-12-17-20;1-23(2)19(24(3)4)21-16-13-9-11-15-12-10-14-17(18(15)16)22-20(25(5)6)26(7)8;1-22(2)18(23(3)4)20-16-14-12-10-9-11-13-15-17-21-19(24(5)6)25(7)8;1-20-13-12-17-16(18-14-8-4-2-5-9-14)19-15-10-6-3-7-11-15;1-3-7-11-12-8-4-2-6-10-13(11)9-5-1;1-4-7-11-10(12-8-5-2)13-9-6-3;1-2-5-11-7-8-12-6-3-4-10-9(11)12;1-6-8-7(9(2)3)10(4)5/h7-12,14-17H,2-6,13,18H2,1H3,(H2,23,24,25,26);15-18H,9-14H2,1-8H3;9-17H2,1-8H3;14-15H,2-13H2,1H3,(H2,17,18,19);1-10H2;4-9H,1-3H3,(H2,11,12,13);2-8H2,1H3;6H2,1-5H3/b;;;;;7-4-,8-5+,9-6+;;. The van der Waals surface area contributed by atoms with Crippen LogP contribution in [-0.4, -0.2) is 386 Å². The molecule has 8 aliphatic rings. The van der Waals surface area contributed by atoms with Crippen molar-refractivity contribution in [2.45, 2.75) is 316 Å². The number of anilines is 1. The molecule has 6 fully saturated rings. The Hall–Kier alpha value is -9.81. The third-order valence-corrected chi connectivity index (χ3v) is 26.0. The first-order valence-electron chi connectivity index (χ1n) is 56.1. The first-order valence-corrected chi connectivity index (χ1v) is 56.1. The fourth-order valence-corrected chi connectivity index (χ4v) is 19.2. The monoisotopic (exact) mass is 2020 g/mol. The Morgan fingerprint density at radius 1 is 0.421 bits per heavy atom. The van der Waals surface area contributed by atoms with Crippen molar-refractivity contribution in [2.24, 2.45) is 61.8 Å². The number of hydrogen-bond donors (Lipinski definition) is 6. The zero-order valence-electron chi connectivity index (χ0n) is 97.1. The number of para-hydroxylation sites is 2. The maximum atomic E-state index is 12.3. The number of guanidine groups is 9. The molecule has 0 spiro atoms. The predicted molar refractivity (Wildman–Crippen MR) is 628 cm³/mol. The number of nitrogens with zero attached hydrogens (tertiary/aromatic N) is 23. The molecule has 2 atom stereocenters. The second kappa shape index (κ2) is 81.2. The summed E-state index contributed by atoms with van der Waals surface area (Å²) in [6, 6.07) is 21.3. The van der Waals surface area contributed by atoms with E-state index >= 15 is 0 Å². The van der Waals surface area contributed by atoms with Gasteiger partial charge >= 0.3 is 0 Å². The maximum Gasteiger partial charge on any atom is 0.226 e. The van der Waals surface area contributed by atoms with E-state index in [-0.39, 0.29) is 5.91 Å². The van der Waals surface area contributed by atoms with Crippen LogP contribution in [0.5, 0.6) is 0 Å². The van der Waals surface area contributed by atoms with Crippen molar-refractivity contribution in [2.75, 3.05) is 239 Å². The first kappa shape index (κ1) is 129. The van der Waals surface area contributed by atoms with Crippen LogP contribution in [0.25, 0.3) is 0 Å². The Balaban J connectivity index is 0.000000435. The fourth-order valence-electron chi connectivity index (χ4n) is 19.2. The smallest absolute Gasteiger partial charge is 0.226 e. The van der Waals surface area contributed by atoms with Crippen LogP contribution in [0, 0.1) is 11.8 Å². The summed E-state index contributed by atoms with van der Waals surface area (Å²) in [6.45, 7) is 25.8. The van der Waals surface area contributed by atoms with Gasteiger partial charge in [0.25, 0.3) is 0 Å². The van der Waals surface area contributed by atoms with Crippen LogP contribution in [-0.2, 0) is 9.53 Å². The van der Waals surface area contributed by atoms with E-state index in [1.165, 1.54) is 282 Å². The molecule has 4 aliphatic heterocycles. The Kier molecular flexibility index (Phi) is 72.5. The quantitative estimate of drug-likeness (QED) is 0.0226. The molecular weight excluding hydrogens is 1810 g/mol. The Morgan fingerprint density at radius 2 is 0.876 bits per heavy atom. The molecule has 10 rings (SSSR count). The molecule has 0 aromatic heterocycles. The van der Waals surface area contributed by atoms with E-state index in [2.05, 4.69) is 191 Å². The van der Waals surface area contributed by atoms with Crippen LogP contribution in [0.4, 0.5) is 11.4 Å². The summed E-state index contributed by atoms with van der Waals surface area (Å²) in [4.78, 5) is 87.2. The van der Waals surface area contributed by atoms with E-state index < -0.39 is 0 Å².